The fourth-order valence-corrected chi connectivity index (χ4v) is 4.52. The molecule has 2 aliphatic rings. The Kier molecular flexibility index (Phi) is 4.41. The summed E-state index contributed by atoms with van der Waals surface area (Å²) < 4.78 is 1.64. The van der Waals surface area contributed by atoms with Crippen LogP contribution in [-0.4, -0.2) is 43.6 Å². The Morgan fingerprint density at radius 3 is 2.59 bits per heavy atom. The molecule has 1 saturated carbocycles. The van der Waals surface area contributed by atoms with E-state index in [1.54, 1.807) is 10.8 Å². The molecule has 0 atom stereocenters. The number of H-pyrrole nitrogens is 1. The average Bonchev–Trinajstić information content (AvgIpc) is 3.58. The first kappa shape index (κ1) is 19.0. The molecule has 32 heavy (non-hydrogen) atoms. The second-order valence-electron chi connectivity index (χ2n) is 8.83. The van der Waals surface area contributed by atoms with E-state index >= 15 is 0 Å². The number of hydrogen-bond acceptors (Lipinski definition) is 4. The van der Waals surface area contributed by atoms with Crippen molar-refractivity contribution in [2.75, 3.05) is 13.1 Å². The third kappa shape index (κ3) is 3.39. The molecule has 1 aliphatic heterocycles. The van der Waals surface area contributed by atoms with Gasteiger partial charge in [-0.25, -0.2) is 14.5 Å². The monoisotopic (exact) mass is 425 g/mol. The van der Waals surface area contributed by atoms with Gasteiger partial charge in [-0.15, -0.1) is 0 Å². The van der Waals surface area contributed by atoms with Crippen LogP contribution in [0.2, 0.25) is 0 Å². The zero-order chi connectivity index (χ0) is 21.7. The predicted molar refractivity (Wildman–Crippen MR) is 121 cm³/mol. The van der Waals surface area contributed by atoms with Crippen LogP contribution in [-0.2, 0) is 11.2 Å². The van der Waals surface area contributed by atoms with E-state index in [4.69, 9.17) is 0 Å². The van der Waals surface area contributed by atoms with Gasteiger partial charge >= 0.3 is 5.69 Å². The largest absolute Gasteiger partial charge is 0.347 e. The first-order chi connectivity index (χ1) is 15.7. The number of nitrogens with one attached hydrogen (secondary N) is 1. The van der Waals surface area contributed by atoms with Crippen LogP contribution in [0.5, 0.6) is 0 Å². The van der Waals surface area contributed by atoms with Gasteiger partial charge < -0.3 is 4.90 Å². The van der Waals surface area contributed by atoms with Gasteiger partial charge in [0.15, 0.2) is 0 Å². The molecule has 2 fully saturated rings. The van der Waals surface area contributed by atoms with Crippen LogP contribution in [0.1, 0.15) is 18.7 Å². The fourth-order valence-electron chi connectivity index (χ4n) is 4.52. The Bertz CT molecular complexity index is 1360. The van der Waals surface area contributed by atoms with Crippen molar-refractivity contribution in [1.29, 1.82) is 0 Å². The maximum atomic E-state index is 12.5. The number of nitrogens with zero attached hydrogens (tertiary/aromatic N) is 4. The maximum absolute atomic E-state index is 12.5. The lowest BCUT2D eigenvalue weighted by atomic mass is 9.95. The number of aromatic nitrogens is 4. The number of rotatable bonds is 5. The number of aromatic amines is 1. The van der Waals surface area contributed by atoms with Gasteiger partial charge in [0.1, 0.15) is 5.82 Å². The summed E-state index contributed by atoms with van der Waals surface area (Å²) in [6.45, 7) is 1.51. The molecular formula is C25H23N5O2. The quantitative estimate of drug-likeness (QED) is 0.532. The molecule has 3 heterocycles. The van der Waals surface area contributed by atoms with Gasteiger partial charge in [-0.3, -0.25) is 9.78 Å². The van der Waals surface area contributed by atoms with Gasteiger partial charge in [-0.2, -0.15) is 5.10 Å². The molecule has 1 aliphatic carbocycles. The molecule has 7 nitrogen and oxygen atoms in total. The van der Waals surface area contributed by atoms with Crippen molar-refractivity contribution in [1.82, 2.24) is 24.6 Å². The van der Waals surface area contributed by atoms with Gasteiger partial charge in [0.2, 0.25) is 5.91 Å². The summed E-state index contributed by atoms with van der Waals surface area (Å²) in [5.74, 6) is 1.61. The lowest BCUT2D eigenvalue weighted by Gasteiger charge is -2.39. The van der Waals surface area contributed by atoms with Crippen LogP contribution in [0.15, 0.2) is 65.6 Å². The first-order valence-electron chi connectivity index (χ1n) is 11.1. The molecule has 2 aromatic heterocycles. The van der Waals surface area contributed by atoms with Gasteiger partial charge in [-0.05, 0) is 54.3 Å². The molecule has 1 amide bonds. The van der Waals surface area contributed by atoms with Crippen LogP contribution in [0, 0.1) is 11.8 Å². The molecular weight excluding hydrogens is 402 g/mol. The number of amides is 1. The molecule has 1 N–H and O–H groups in total. The minimum absolute atomic E-state index is 0.241. The minimum atomic E-state index is -0.241. The first-order valence-corrected chi connectivity index (χ1v) is 11.1. The fraction of sp³-hybridized carbons (Fsp3) is 0.280. The van der Waals surface area contributed by atoms with Crippen LogP contribution in [0.25, 0.3) is 27.7 Å². The zero-order valence-corrected chi connectivity index (χ0v) is 17.6. The highest BCUT2D eigenvalue weighted by molar-refractivity contribution is 5.84. The van der Waals surface area contributed by atoms with E-state index in [0.717, 1.165) is 53.6 Å². The van der Waals surface area contributed by atoms with E-state index in [1.807, 2.05) is 41.3 Å². The van der Waals surface area contributed by atoms with Crippen molar-refractivity contribution in [2.45, 2.75) is 19.3 Å². The minimum Gasteiger partial charge on any atom is -0.342 e. The lowest BCUT2D eigenvalue weighted by Crippen LogP contribution is -2.51. The Morgan fingerprint density at radius 2 is 1.81 bits per heavy atom. The number of benzene rings is 2. The van der Waals surface area contributed by atoms with Gasteiger partial charge in [-0.1, -0.05) is 24.3 Å². The van der Waals surface area contributed by atoms with Crippen molar-refractivity contribution in [3.05, 3.63) is 77.1 Å². The maximum Gasteiger partial charge on any atom is 0.347 e. The number of fused-ring (bicyclic) bond motifs is 1. The summed E-state index contributed by atoms with van der Waals surface area (Å²) >= 11 is 0. The van der Waals surface area contributed by atoms with Gasteiger partial charge in [0.05, 0.1) is 11.2 Å². The third-order valence-corrected chi connectivity index (χ3v) is 6.47. The molecule has 0 bridgehead atoms. The molecule has 4 aromatic rings. The van der Waals surface area contributed by atoms with Crippen LogP contribution in [0.3, 0.4) is 0 Å². The molecule has 7 heteroatoms. The summed E-state index contributed by atoms with van der Waals surface area (Å²) in [6, 6.07) is 18.1. The SMILES string of the molecule is O=C(C1CC1)N1CC(Cc2n[nH]c(=O)n2-c2ccc(-c3ccc4ncccc4c3)cc2)C1. The van der Waals surface area contributed by atoms with Crippen molar-refractivity contribution in [3.63, 3.8) is 0 Å². The van der Waals surface area contributed by atoms with Crippen LogP contribution in [0.4, 0.5) is 0 Å². The molecule has 1 saturated heterocycles. The molecule has 0 spiro atoms. The Balaban J connectivity index is 1.21. The van der Waals surface area contributed by atoms with Crippen LogP contribution >= 0.6 is 0 Å². The third-order valence-electron chi connectivity index (χ3n) is 6.47. The van der Waals surface area contributed by atoms with E-state index < -0.39 is 0 Å². The van der Waals surface area contributed by atoms with E-state index in [-0.39, 0.29) is 11.6 Å². The number of hydrogen-bond donors (Lipinski definition) is 1. The second kappa shape index (κ2) is 7.44. The number of likely N-dealkylation sites (tertiary alicyclic amines) is 1. The number of carbonyl (C=O) groups excluding carboxylic acids is 1. The van der Waals surface area contributed by atoms with E-state index in [2.05, 4.69) is 33.4 Å². The smallest absolute Gasteiger partial charge is 0.342 e. The number of pyridine rings is 1. The Morgan fingerprint density at radius 1 is 1.03 bits per heavy atom. The van der Waals surface area contributed by atoms with E-state index in [9.17, 15) is 9.59 Å². The van der Waals surface area contributed by atoms with Gasteiger partial charge in [0, 0.05) is 42.9 Å². The summed E-state index contributed by atoms with van der Waals surface area (Å²) in [4.78, 5) is 30.9. The molecule has 0 unspecified atom stereocenters. The summed E-state index contributed by atoms with van der Waals surface area (Å²) in [5, 5.41) is 7.94. The normalized spacial score (nSPS) is 16.3. The van der Waals surface area contributed by atoms with Crippen molar-refractivity contribution in [2.24, 2.45) is 11.8 Å². The Labute approximate surface area is 184 Å². The molecule has 2 aromatic carbocycles. The van der Waals surface area contributed by atoms with Crippen molar-refractivity contribution >= 4 is 16.8 Å². The van der Waals surface area contributed by atoms with Crippen molar-refractivity contribution in [3.8, 4) is 16.8 Å². The number of carbonyl (C=O) groups is 1. The Hall–Kier alpha value is -3.74. The van der Waals surface area contributed by atoms with E-state index in [0.29, 0.717) is 24.1 Å². The van der Waals surface area contributed by atoms with Gasteiger partial charge in [0.25, 0.3) is 0 Å². The highest BCUT2D eigenvalue weighted by Gasteiger charge is 2.39. The second-order valence-corrected chi connectivity index (χ2v) is 8.83. The average molecular weight is 425 g/mol. The summed E-state index contributed by atoms with van der Waals surface area (Å²) in [6.07, 6.45) is 4.53. The zero-order valence-electron chi connectivity index (χ0n) is 17.6. The van der Waals surface area contributed by atoms with Crippen molar-refractivity contribution < 1.29 is 4.79 Å². The predicted octanol–water partition coefficient (Wildman–Crippen LogP) is 3.19. The van der Waals surface area contributed by atoms with Crippen LogP contribution < -0.4 is 5.69 Å². The summed E-state index contributed by atoms with van der Waals surface area (Å²) in [5.41, 5.74) is 3.69. The van der Waals surface area contributed by atoms with E-state index in [1.165, 1.54) is 0 Å². The lowest BCUT2D eigenvalue weighted by molar-refractivity contribution is -0.138. The summed E-state index contributed by atoms with van der Waals surface area (Å²) in [7, 11) is 0. The topological polar surface area (TPSA) is 83.9 Å². The molecule has 6 rings (SSSR count). The highest BCUT2D eigenvalue weighted by Crippen LogP contribution is 2.34. The highest BCUT2D eigenvalue weighted by atomic mass is 16.2. The molecule has 160 valence electrons. The standard InChI is InChI=1S/C25H23N5O2/c31-24(18-3-4-18)29-14-16(15-29)12-23-27-28-25(32)30(23)21-8-5-17(6-9-21)19-7-10-22-20(13-19)2-1-11-26-22/h1-2,5-11,13,16,18H,3-4,12,14-15H2,(H,28,32). The molecule has 0 radical (unpaired) electrons.